The minimum absolute atomic E-state index is 0.514. The summed E-state index contributed by atoms with van der Waals surface area (Å²) in [7, 11) is 0. The van der Waals surface area contributed by atoms with Gasteiger partial charge in [0.05, 0.1) is 12.2 Å². The summed E-state index contributed by atoms with van der Waals surface area (Å²) < 4.78 is 7.95. The van der Waals surface area contributed by atoms with Gasteiger partial charge in [0.25, 0.3) is 0 Å². The molecule has 0 radical (unpaired) electrons. The van der Waals surface area contributed by atoms with E-state index in [1.165, 1.54) is 22.9 Å². The van der Waals surface area contributed by atoms with Crippen LogP contribution in [0, 0.1) is 13.8 Å². The fourth-order valence-electron chi connectivity index (χ4n) is 3.49. The van der Waals surface area contributed by atoms with Crippen LogP contribution in [0.1, 0.15) is 28.5 Å². The third-order valence-electron chi connectivity index (χ3n) is 5.27. The van der Waals surface area contributed by atoms with Crippen LogP contribution in [0.3, 0.4) is 0 Å². The van der Waals surface area contributed by atoms with Crippen LogP contribution in [0.25, 0.3) is 17.1 Å². The predicted octanol–water partition coefficient (Wildman–Crippen LogP) is 5.82. The number of hydrogen-bond donors (Lipinski definition) is 0. The quantitative estimate of drug-likeness (QED) is 0.289. The van der Waals surface area contributed by atoms with E-state index in [0.717, 1.165) is 27.8 Å². The first-order chi connectivity index (χ1) is 16.2. The van der Waals surface area contributed by atoms with Crippen molar-refractivity contribution in [1.29, 1.82) is 0 Å². The van der Waals surface area contributed by atoms with E-state index >= 15 is 0 Å². The Labute approximate surface area is 196 Å². The minimum atomic E-state index is 0.514. The van der Waals surface area contributed by atoms with E-state index in [4.69, 9.17) is 4.42 Å². The van der Waals surface area contributed by atoms with E-state index < -0.39 is 0 Å². The van der Waals surface area contributed by atoms with Crippen molar-refractivity contribution in [2.75, 3.05) is 0 Å². The molecule has 0 spiro atoms. The van der Waals surface area contributed by atoms with Crippen molar-refractivity contribution in [3.05, 3.63) is 107 Å². The van der Waals surface area contributed by atoms with Crippen LogP contribution in [0.2, 0.25) is 0 Å². The zero-order valence-electron chi connectivity index (χ0n) is 18.5. The number of nitrogens with zero attached hydrogens (tertiary/aromatic N) is 5. The molecule has 2 aromatic heterocycles. The first kappa shape index (κ1) is 21.2. The van der Waals surface area contributed by atoms with E-state index in [2.05, 4.69) is 99.5 Å². The first-order valence-corrected chi connectivity index (χ1v) is 11.7. The number of aromatic nitrogens is 5. The molecule has 0 aliphatic carbocycles. The number of thioether (sulfide) groups is 1. The first-order valence-electron chi connectivity index (χ1n) is 10.7. The molecule has 0 saturated carbocycles. The molecule has 0 amide bonds. The Morgan fingerprint density at radius 1 is 0.727 bits per heavy atom. The number of hydrogen-bond acceptors (Lipinski definition) is 6. The smallest absolute Gasteiger partial charge is 0.226 e. The lowest BCUT2D eigenvalue weighted by molar-refractivity contribution is 0.474. The lowest BCUT2D eigenvalue weighted by Crippen LogP contribution is -2.00. The van der Waals surface area contributed by atoms with Gasteiger partial charge in [0, 0.05) is 11.3 Å². The molecule has 5 rings (SSSR count). The fraction of sp³-hybridized carbons (Fsp3) is 0.154. The fourth-order valence-corrected chi connectivity index (χ4v) is 4.28. The van der Waals surface area contributed by atoms with Gasteiger partial charge in [-0.3, -0.25) is 4.57 Å². The average molecular weight is 454 g/mol. The molecular weight excluding hydrogens is 430 g/mol. The summed E-state index contributed by atoms with van der Waals surface area (Å²) in [6, 6.07) is 26.8. The van der Waals surface area contributed by atoms with Crippen LogP contribution in [0.5, 0.6) is 0 Å². The van der Waals surface area contributed by atoms with Crippen molar-refractivity contribution in [2.24, 2.45) is 0 Å². The lowest BCUT2D eigenvalue weighted by atomic mass is 10.1. The Hall–Kier alpha value is -3.71. The number of benzene rings is 3. The van der Waals surface area contributed by atoms with E-state index in [1.807, 2.05) is 18.2 Å². The van der Waals surface area contributed by atoms with Crippen LogP contribution in [-0.4, -0.2) is 25.0 Å². The van der Waals surface area contributed by atoms with Crippen molar-refractivity contribution < 1.29 is 4.42 Å². The Kier molecular flexibility index (Phi) is 6.04. The van der Waals surface area contributed by atoms with E-state index in [0.29, 0.717) is 24.0 Å². The number of rotatable bonds is 7. The van der Waals surface area contributed by atoms with Gasteiger partial charge in [-0.25, -0.2) is 0 Å². The second-order valence-electron chi connectivity index (χ2n) is 7.88. The standard InChI is InChI=1S/C26H23N5OS/c1-18-8-12-21(13-9-18)25-29-30-26(31(25)22-14-10-19(2)11-15-22)33-17-24-28-27-23(32-24)16-20-6-4-3-5-7-20/h3-15H,16-17H2,1-2H3. The van der Waals surface area contributed by atoms with Gasteiger partial charge in [-0.2, -0.15) is 0 Å². The van der Waals surface area contributed by atoms with E-state index in [9.17, 15) is 0 Å². The molecule has 0 unspecified atom stereocenters. The van der Waals surface area contributed by atoms with Gasteiger partial charge < -0.3 is 4.42 Å². The van der Waals surface area contributed by atoms with Crippen LogP contribution in [0.4, 0.5) is 0 Å². The molecule has 0 saturated heterocycles. The van der Waals surface area contributed by atoms with Crippen molar-refractivity contribution >= 4 is 11.8 Å². The van der Waals surface area contributed by atoms with Crippen LogP contribution >= 0.6 is 11.8 Å². The normalized spacial score (nSPS) is 11.1. The average Bonchev–Trinajstić information content (AvgIpc) is 3.46. The maximum Gasteiger partial charge on any atom is 0.226 e. The molecule has 0 bridgehead atoms. The third-order valence-corrected chi connectivity index (χ3v) is 6.18. The molecule has 0 fully saturated rings. The molecule has 7 heteroatoms. The third kappa shape index (κ3) is 4.88. The maximum atomic E-state index is 5.87. The highest BCUT2D eigenvalue weighted by Gasteiger charge is 2.17. The molecule has 0 N–H and O–H groups in total. The zero-order chi connectivity index (χ0) is 22.6. The SMILES string of the molecule is Cc1ccc(-c2nnc(SCc3nnc(Cc4ccccc4)o3)n2-c2ccc(C)cc2)cc1. The van der Waals surface area contributed by atoms with E-state index in [-0.39, 0.29) is 0 Å². The van der Waals surface area contributed by atoms with Crippen molar-refractivity contribution in [1.82, 2.24) is 25.0 Å². The van der Waals surface area contributed by atoms with Gasteiger partial charge in [-0.05, 0) is 31.5 Å². The highest BCUT2D eigenvalue weighted by Crippen LogP contribution is 2.30. The second-order valence-corrected chi connectivity index (χ2v) is 8.83. The Balaban J connectivity index is 1.40. The minimum Gasteiger partial charge on any atom is -0.424 e. The zero-order valence-corrected chi connectivity index (χ0v) is 19.3. The van der Waals surface area contributed by atoms with Gasteiger partial charge in [-0.1, -0.05) is 89.6 Å². The van der Waals surface area contributed by atoms with Gasteiger partial charge in [0.2, 0.25) is 11.8 Å². The number of aryl methyl sites for hydroxylation is 2. The Morgan fingerprint density at radius 3 is 2.12 bits per heavy atom. The monoisotopic (exact) mass is 453 g/mol. The molecule has 0 aliphatic heterocycles. The molecule has 33 heavy (non-hydrogen) atoms. The molecule has 164 valence electrons. The summed E-state index contributed by atoms with van der Waals surface area (Å²) >= 11 is 1.53. The lowest BCUT2D eigenvalue weighted by Gasteiger charge is -2.10. The van der Waals surface area contributed by atoms with E-state index in [1.54, 1.807) is 0 Å². The summed E-state index contributed by atoms with van der Waals surface area (Å²) in [5, 5.41) is 18.2. The Morgan fingerprint density at radius 2 is 1.39 bits per heavy atom. The van der Waals surface area contributed by atoms with Crippen molar-refractivity contribution in [3.8, 4) is 17.1 Å². The largest absolute Gasteiger partial charge is 0.424 e. The highest BCUT2D eigenvalue weighted by molar-refractivity contribution is 7.98. The summed E-state index contributed by atoms with van der Waals surface area (Å²) in [5.74, 6) is 2.50. The summed E-state index contributed by atoms with van der Waals surface area (Å²) in [4.78, 5) is 0. The van der Waals surface area contributed by atoms with Gasteiger partial charge in [0.1, 0.15) is 0 Å². The van der Waals surface area contributed by atoms with Crippen LogP contribution in [0.15, 0.2) is 88.4 Å². The maximum absolute atomic E-state index is 5.87. The molecule has 0 aliphatic rings. The summed E-state index contributed by atoms with van der Waals surface area (Å²) in [6.07, 6.45) is 0.621. The highest BCUT2D eigenvalue weighted by atomic mass is 32.2. The van der Waals surface area contributed by atoms with Gasteiger partial charge in [-0.15, -0.1) is 20.4 Å². The summed E-state index contributed by atoms with van der Waals surface area (Å²) in [5.41, 5.74) is 5.58. The summed E-state index contributed by atoms with van der Waals surface area (Å²) in [6.45, 7) is 4.15. The van der Waals surface area contributed by atoms with Crippen molar-refractivity contribution in [3.63, 3.8) is 0 Å². The molecule has 6 nitrogen and oxygen atoms in total. The van der Waals surface area contributed by atoms with Crippen molar-refractivity contribution in [2.45, 2.75) is 31.2 Å². The van der Waals surface area contributed by atoms with Crippen LogP contribution in [-0.2, 0) is 12.2 Å². The van der Waals surface area contributed by atoms with Gasteiger partial charge in [0.15, 0.2) is 11.0 Å². The second kappa shape index (κ2) is 9.42. The predicted molar refractivity (Wildman–Crippen MR) is 129 cm³/mol. The molecule has 3 aromatic carbocycles. The molecule has 2 heterocycles. The molecule has 5 aromatic rings. The van der Waals surface area contributed by atoms with Crippen LogP contribution < -0.4 is 0 Å². The topological polar surface area (TPSA) is 69.6 Å². The molecular formula is C26H23N5OS. The Bertz CT molecular complexity index is 1340. The molecule has 0 atom stereocenters. The van der Waals surface area contributed by atoms with Gasteiger partial charge >= 0.3 is 0 Å².